The second kappa shape index (κ2) is 6.59. The number of amides is 2. The fourth-order valence-electron chi connectivity index (χ4n) is 2.05. The maximum Gasteiger partial charge on any atom is 0.224 e. The first-order chi connectivity index (χ1) is 8.02. The first-order valence-electron chi connectivity index (χ1n) is 6.30. The van der Waals surface area contributed by atoms with Gasteiger partial charge in [-0.05, 0) is 18.8 Å². The van der Waals surface area contributed by atoms with Crippen molar-refractivity contribution in [2.45, 2.75) is 39.2 Å². The number of hydrogen-bond acceptors (Lipinski definition) is 3. The molecule has 1 rings (SSSR count). The summed E-state index contributed by atoms with van der Waals surface area (Å²) in [4.78, 5) is 22.9. The molecule has 98 valence electrons. The normalized spacial score (nSPS) is 22.1. The molecule has 0 spiro atoms. The zero-order valence-electron chi connectivity index (χ0n) is 10.7. The van der Waals surface area contributed by atoms with Crippen LogP contribution in [0.4, 0.5) is 0 Å². The summed E-state index contributed by atoms with van der Waals surface area (Å²) >= 11 is 0. The zero-order chi connectivity index (χ0) is 12.8. The van der Waals surface area contributed by atoms with Crippen LogP contribution in [0.1, 0.15) is 33.1 Å². The topological polar surface area (TPSA) is 84.2 Å². The molecule has 0 aliphatic carbocycles. The number of hydrogen-bond donors (Lipinski definition) is 3. The molecule has 0 aromatic rings. The van der Waals surface area contributed by atoms with Crippen LogP contribution in [0.2, 0.25) is 0 Å². The van der Waals surface area contributed by atoms with Crippen LogP contribution in [-0.4, -0.2) is 30.9 Å². The first kappa shape index (κ1) is 14.0. The fraction of sp³-hybridized carbons (Fsp3) is 0.833. The summed E-state index contributed by atoms with van der Waals surface area (Å²) in [6.45, 7) is 5.07. The van der Waals surface area contributed by atoms with Crippen molar-refractivity contribution < 1.29 is 9.59 Å². The average Bonchev–Trinajstić information content (AvgIpc) is 2.28. The Morgan fingerprint density at radius 2 is 2.29 bits per heavy atom. The quantitative estimate of drug-likeness (QED) is 0.633. The number of nitrogens with one attached hydrogen (secondary N) is 2. The minimum Gasteiger partial charge on any atom is -0.354 e. The van der Waals surface area contributed by atoms with E-state index in [4.69, 9.17) is 5.73 Å². The summed E-state index contributed by atoms with van der Waals surface area (Å²) in [6.07, 6.45) is 2.01. The summed E-state index contributed by atoms with van der Waals surface area (Å²) < 4.78 is 0. The van der Waals surface area contributed by atoms with Crippen LogP contribution in [0, 0.1) is 11.8 Å². The summed E-state index contributed by atoms with van der Waals surface area (Å²) in [5, 5.41) is 5.71. The molecule has 1 aliphatic heterocycles. The third-order valence-electron chi connectivity index (χ3n) is 3.02. The van der Waals surface area contributed by atoms with E-state index >= 15 is 0 Å². The van der Waals surface area contributed by atoms with Gasteiger partial charge in [0.15, 0.2) is 0 Å². The third-order valence-corrected chi connectivity index (χ3v) is 3.02. The lowest BCUT2D eigenvalue weighted by atomic mass is 9.95. The number of rotatable bonds is 5. The molecule has 1 saturated heterocycles. The largest absolute Gasteiger partial charge is 0.354 e. The predicted octanol–water partition coefficient (Wildman–Crippen LogP) is 0.00220. The molecule has 2 unspecified atom stereocenters. The summed E-state index contributed by atoms with van der Waals surface area (Å²) in [6, 6.07) is 0.0569. The van der Waals surface area contributed by atoms with Gasteiger partial charge in [-0.3, -0.25) is 9.59 Å². The molecule has 1 fully saturated rings. The molecule has 2 atom stereocenters. The maximum absolute atomic E-state index is 12.0. The molecular weight excluding hydrogens is 218 g/mol. The van der Waals surface area contributed by atoms with Crippen molar-refractivity contribution in [3.8, 4) is 0 Å². The maximum atomic E-state index is 12.0. The Balaban J connectivity index is 2.38. The molecule has 5 nitrogen and oxygen atoms in total. The molecule has 0 saturated carbocycles. The van der Waals surface area contributed by atoms with Gasteiger partial charge in [0.2, 0.25) is 11.8 Å². The van der Waals surface area contributed by atoms with Crippen molar-refractivity contribution in [2.75, 3.05) is 13.1 Å². The van der Waals surface area contributed by atoms with Gasteiger partial charge in [0.25, 0.3) is 0 Å². The van der Waals surface area contributed by atoms with Crippen molar-refractivity contribution in [3.05, 3.63) is 0 Å². The molecule has 4 N–H and O–H groups in total. The predicted molar refractivity (Wildman–Crippen MR) is 66.2 cm³/mol. The lowest BCUT2D eigenvalue weighted by Gasteiger charge is -2.26. The van der Waals surface area contributed by atoms with E-state index in [1.807, 2.05) is 0 Å². The molecule has 0 aromatic heterocycles. The van der Waals surface area contributed by atoms with Gasteiger partial charge in [-0.1, -0.05) is 13.8 Å². The van der Waals surface area contributed by atoms with E-state index in [0.29, 0.717) is 25.4 Å². The van der Waals surface area contributed by atoms with Crippen molar-refractivity contribution >= 4 is 11.8 Å². The Morgan fingerprint density at radius 1 is 1.59 bits per heavy atom. The Labute approximate surface area is 103 Å². The molecule has 5 heteroatoms. The van der Waals surface area contributed by atoms with E-state index in [1.54, 1.807) is 0 Å². The molecule has 17 heavy (non-hydrogen) atoms. The summed E-state index contributed by atoms with van der Waals surface area (Å²) in [7, 11) is 0. The van der Waals surface area contributed by atoms with Gasteiger partial charge in [-0.25, -0.2) is 0 Å². The summed E-state index contributed by atoms with van der Waals surface area (Å²) in [5.74, 6) is 0.420. The Morgan fingerprint density at radius 3 is 2.76 bits per heavy atom. The number of nitrogens with two attached hydrogens (primary N) is 1. The highest BCUT2D eigenvalue weighted by Gasteiger charge is 2.23. The smallest absolute Gasteiger partial charge is 0.224 e. The number of piperidine rings is 1. The van der Waals surface area contributed by atoms with Crippen molar-refractivity contribution in [1.82, 2.24) is 10.6 Å². The molecule has 0 bridgehead atoms. The molecule has 1 heterocycles. The Hall–Kier alpha value is -1.10. The molecule has 1 aliphatic rings. The monoisotopic (exact) mass is 241 g/mol. The standard InChI is InChI=1S/C12H23N3O2/c1-8(2)5-9(6-13)12(17)15-10-3-4-11(16)14-7-10/h8-10H,3-7,13H2,1-2H3,(H,14,16)(H,15,17). The van der Waals surface area contributed by atoms with Crippen LogP contribution in [0.5, 0.6) is 0 Å². The van der Waals surface area contributed by atoms with E-state index in [9.17, 15) is 9.59 Å². The number of carbonyl (C=O) groups is 2. The fourth-order valence-corrected chi connectivity index (χ4v) is 2.05. The molecular formula is C12H23N3O2. The van der Waals surface area contributed by atoms with Crippen molar-refractivity contribution in [3.63, 3.8) is 0 Å². The Bertz CT molecular complexity index is 269. The first-order valence-corrected chi connectivity index (χ1v) is 6.30. The van der Waals surface area contributed by atoms with E-state index in [-0.39, 0.29) is 23.8 Å². The molecule has 0 aromatic carbocycles. The minimum absolute atomic E-state index is 0.0161. The van der Waals surface area contributed by atoms with E-state index in [0.717, 1.165) is 12.8 Å². The van der Waals surface area contributed by atoms with Gasteiger partial charge in [0, 0.05) is 25.6 Å². The average molecular weight is 241 g/mol. The zero-order valence-corrected chi connectivity index (χ0v) is 10.7. The van der Waals surface area contributed by atoms with Crippen LogP contribution >= 0.6 is 0 Å². The highest BCUT2D eigenvalue weighted by molar-refractivity contribution is 5.80. The van der Waals surface area contributed by atoms with Crippen LogP contribution in [0.25, 0.3) is 0 Å². The summed E-state index contributed by atoms with van der Waals surface area (Å²) in [5.41, 5.74) is 5.62. The van der Waals surface area contributed by atoms with Gasteiger partial charge in [0.1, 0.15) is 0 Å². The van der Waals surface area contributed by atoms with Crippen LogP contribution in [-0.2, 0) is 9.59 Å². The second-order valence-corrected chi connectivity index (χ2v) is 5.11. The number of carbonyl (C=O) groups excluding carboxylic acids is 2. The lowest BCUT2D eigenvalue weighted by molar-refractivity contribution is -0.128. The van der Waals surface area contributed by atoms with Crippen molar-refractivity contribution in [1.29, 1.82) is 0 Å². The third kappa shape index (κ3) is 4.73. The van der Waals surface area contributed by atoms with Crippen LogP contribution in [0.3, 0.4) is 0 Å². The lowest BCUT2D eigenvalue weighted by Crippen LogP contribution is -2.50. The highest BCUT2D eigenvalue weighted by Crippen LogP contribution is 2.12. The van der Waals surface area contributed by atoms with Crippen molar-refractivity contribution in [2.24, 2.45) is 17.6 Å². The minimum atomic E-state index is -0.118. The van der Waals surface area contributed by atoms with Crippen LogP contribution < -0.4 is 16.4 Å². The Kier molecular flexibility index (Phi) is 5.41. The highest BCUT2D eigenvalue weighted by atomic mass is 16.2. The SMILES string of the molecule is CC(C)CC(CN)C(=O)NC1CCC(=O)NC1. The van der Waals surface area contributed by atoms with Gasteiger partial charge in [-0.2, -0.15) is 0 Å². The van der Waals surface area contributed by atoms with Gasteiger partial charge in [-0.15, -0.1) is 0 Å². The molecule has 2 amide bonds. The van der Waals surface area contributed by atoms with E-state index in [2.05, 4.69) is 24.5 Å². The van der Waals surface area contributed by atoms with Gasteiger partial charge in [0.05, 0.1) is 5.92 Å². The van der Waals surface area contributed by atoms with Gasteiger partial charge < -0.3 is 16.4 Å². The van der Waals surface area contributed by atoms with E-state index in [1.165, 1.54) is 0 Å². The second-order valence-electron chi connectivity index (χ2n) is 5.11. The molecule has 0 radical (unpaired) electrons. The van der Waals surface area contributed by atoms with Gasteiger partial charge >= 0.3 is 0 Å². The van der Waals surface area contributed by atoms with Crippen LogP contribution in [0.15, 0.2) is 0 Å². The van der Waals surface area contributed by atoms with E-state index < -0.39 is 0 Å².